The number of nitrogens with zero attached hydrogens (tertiary/aromatic N) is 6. The fourth-order valence-corrected chi connectivity index (χ4v) is 1.79. The van der Waals surface area contributed by atoms with Gasteiger partial charge in [-0.15, -0.1) is 10.2 Å². The lowest BCUT2D eigenvalue weighted by atomic mass is 10.5. The molecule has 7 nitrogen and oxygen atoms in total. The standard InChI is InChI=1S/C11H13N7/c1-9-15-16-11-10(13-5-8-18(9)11)12-4-7-17-6-2-3-14-17/h2-3,5-6,8H,4,7H2,1H3,(H,12,13). The van der Waals surface area contributed by atoms with Crippen molar-refractivity contribution in [3.05, 3.63) is 36.7 Å². The maximum absolute atomic E-state index is 4.27. The third-order valence-electron chi connectivity index (χ3n) is 2.69. The highest BCUT2D eigenvalue weighted by atomic mass is 15.3. The van der Waals surface area contributed by atoms with E-state index in [0.717, 1.165) is 30.4 Å². The van der Waals surface area contributed by atoms with E-state index in [2.05, 4.69) is 25.6 Å². The summed E-state index contributed by atoms with van der Waals surface area (Å²) in [6.45, 7) is 3.43. The average Bonchev–Trinajstić information content (AvgIpc) is 3.01. The summed E-state index contributed by atoms with van der Waals surface area (Å²) in [6.07, 6.45) is 7.28. The van der Waals surface area contributed by atoms with Crippen molar-refractivity contribution in [3.63, 3.8) is 0 Å². The molecule has 18 heavy (non-hydrogen) atoms. The van der Waals surface area contributed by atoms with Crippen molar-refractivity contribution in [3.8, 4) is 0 Å². The second kappa shape index (κ2) is 4.44. The molecule has 0 fully saturated rings. The van der Waals surface area contributed by atoms with Gasteiger partial charge in [0.15, 0.2) is 5.82 Å². The minimum atomic E-state index is 0.736. The monoisotopic (exact) mass is 243 g/mol. The predicted octanol–water partition coefficient (Wildman–Crippen LogP) is 0.741. The van der Waals surface area contributed by atoms with Crippen molar-refractivity contribution >= 4 is 11.5 Å². The lowest BCUT2D eigenvalue weighted by molar-refractivity contribution is 0.637. The quantitative estimate of drug-likeness (QED) is 0.731. The Bertz CT molecular complexity index is 641. The van der Waals surface area contributed by atoms with Crippen molar-refractivity contribution in [1.82, 2.24) is 29.4 Å². The van der Waals surface area contributed by atoms with Gasteiger partial charge in [-0.3, -0.25) is 9.08 Å². The summed E-state index contributed by atoms with van der Waals surface area (Å²) < 4.78 is 3.77. The fraction of sp³-hybridized carbons (Fsp3) is 0.273. The topological polar surface area (TPSA) is 72.9 Å². The minimum Gasteiger partial charge on any atom is -0.365 e. The minimum absolute atomic E-state index is 0.736. The lowest BCUT2D eigenvalue weighted by Gasteiger charge is -2.06. The van der Waals surface area contributed by atoms with Crippen LogP contribution in [0.2, 0.25) is 0 Å². The molecule has 0 amide bonds. The van der Waals surface area contributed by atoms with Crippen molar-refractivity contribution in [2.24, 2.45) is 0 Å². The van der Waals surface area contributed by atoms with Gasteiger partial charge in [0.2, 0.25) is 5.65 Å². The van der Waals surface area contributed by atoms with Crippen LogP contribution < -0.4 is 5.32 Å². The van der Waals surface area contributed by atoms with Crippen LogP contribution in [0.1, 0.15) is 5.82 Å². The van der Waals surface area contributed by atoms with Crippen LogP contribution in [-0.2, 0) is 6.54 Å². The SMILES string of the molecule is Cc1nnc2c(NCCn3cccn3)nccn12. The van der Waals surface area contributed by atoms with Gasteiger partial charge >= 0.3 is 0 Å². The van der Waals surface area contributed by atoms with Gasteiger partial charge in [0.25, 0.3) is 0 Å². The molecule has 0 aliphatic rings. The number of aryl methyl sites for hydroxylation is 1. The highest BCUT2D eigenvalue weighted by Crippen LogP contribution is 2.11. The molecule has 0 atom stereocenters. The van der Waals surface area contributed by atoms with E-state index in [1.54, 1.807) is 12.4 Å². The van der Waals surface area contributed by atoms with Gasteiger partial charge in [-0.2, -0.15) is 5.10 Å². The van der Waals surface area contributed by atoms with E-state index in [9.17, 15) is 0 Å². The Morgan fingerprint density at radius 2 is 2.17 bits per heavy atom. The molecule has 3 rings (SSSR count). The summed E-state index contributed by atoms with van der Waals surface area (Å²) in [5.41, 5.74) is 0.746. The van der Waals surface area contributed by atoms with Gasteiger partial charge < -0.3 is 5.32 Å². The summed E-state index contributed by atoms with van der Waals surface area (Å²) in [5, 5.41) is 15.5. The Morgan fingerprint density at radius 3 is 3.00 bits per heavy atom. The molecule has 0 aliphatic heterocycles. The molecule has 0 aliphatic carbocycles. The van der Waals surface area contributed by atoms with Crippen LogP contribution in [0.4, 0.5) is 5.82 Å². The Kier molecular flexibility index (Phi) is 2.64. The van der Waals surface area contributed by atoms with Gasteiger partial charge in [0.05, 0.1) is 6.54 Å². The molecule has 0 saturated carbocycles. The molecule has 7 heteroatoms. The van der Waals surface area contributed by atoms with Crippen molar-refractivity contribution in [2.75, 3.05) is 11.9 Å². The summed E-state index contributed by atoms with van der Waals surface area (Å²) in [4.78, 5) is 4.27. The van der Waals surface area contributed by atoms with Gasteiger partial charge in [-0.25, -0.2) is 4.98 Å². The van der Waals surface area contributed by atoms with E-state index in [1.165, 1.54) is 0 Å². The van der Waals surface area contributed by atoms with E-state index < -0.39 is 0 Å². The molecule has 0 radical (unpaired) electrons. The molecule has 92 valence electrons. The van der Waals surface area contributed by atoms with Gasteiger partial charge in [0, 0.05) is 31.3 Å². The Morgan fingerprint density at radius 1 is 1.22 bits per heavy atom. The van der Waals surface area contributed by atoms with Crippen LogP contribution in [0.5, 0.6) is 0 Å². The van der Waals surface area contributed by atoms with Crippen LogP contribution in [-0.4, -0.2) is 35.9 Å². The first kappa shape index (κ1) is 10.7. The molecule has 0 spiro atoms. The first-order valence-corrected chi connectivity index (χ1v) is 5.72. The molecule has 0 saturated heterocycles. The number of hydrogen-bond donors (Lipinski definition) is 1. The van der Waals surface area contributed by atoms with Crippen LogP contribution in [0, 0.1) is 6.92 Å². The second-order valence-electron chi connectivity index (χ2n) is 3.91. The largest absolute Gasteiger partial charge is 0.365 e. The Labute approximate surface area is 103 Å². The van der Waals surface area contributed by atoms with Crippen molar-refractivity contribution < 1.29 is 0 Å². The first-order valence-electron chi connectivity index (χ1n) is 5.72. The van der Waals surface area contributed by atoms with E-state index in [-0.39, 0.29) is 0 Å². The zero-order valence-corrected chi connectivity index (χ0v) is 9.98. The Hall–Kier alpha value is -2.44. The molecule has 0 bridgehead atoms. The third-order valence-corrected chi connectivity index (χ3v) is 2.69. The highest BCUT2D eigenvalue weighted by Gasteiger charge is 2.06. The molecular weight excluding hydrogens is 230 g/mol. The molecule has 3 aromatic rings. The number of fused-ring (bicyclic) bond motifs is 1. The van der Waals surface area contributed by atoms with Crippen LogP contribution >= 0.6 is 0 Å². The number of anilines is 1. The van der Waals surface area contributed by atoms with Crippen LogP contribution in [0.15, 0.2) is 30.9 Å². The normalized spacial score (nSPS) is 10.9. The smallest absolute Gasteiger partial charge is 0.203 e. The predicted molar refractivity (Wildman–Crippen MR) is 66.2 cm³/mol. The summed E-state index contributed by atoms with van der Waals surface area (Å²) in [5.74, 6) is 1.59. The molecule has 1 N–H and O–H groups in total. The van der Waals surface area contributed by atoms with E-state index in [4.69, 9.17) is 0 Å². The molecule has 3 aromatic heterocycles. The van der Waals surface area contributed by atoms with Crippen LogP contribution in [0.3, 0.4) is 0 Å². The number of hydrogen-bond acceptors (Lipinski definition) is 5. The molecule has 3 heterocycles. The molecule has 0 aromatic carbocycles. The maximum Gasteiger partial charge on any atom is 0.203 e. The molecule has 0 unspecified atom stereocenters. The number of nitrogens with one attached hydrogen (secondary N) is 1. The highest BCUT2D eigenvalue weighted by molar-refractivity contribution is 5.61. The van der Waals surface area contributed by atoms with Gasteiger partial charge in [0.1, 0.15) is 5.82 Å². The van der Waals surface area contributed by atoms with E-state index in [0.29, 0.717) is 0 Å². The summed E-state index contributed by atoms with van der Waals surface area (Å²) in [6, 6.07) is 1.90. The third kappa shape index (κ3) is 1.90. The fourth-order valence-electron chi connectivity index (χ4n) is 1.79. The zero-order chi connectivity index (χ0) is 12.4. The second-order valence-corrected chi connectivity index (χ2v) is 3.91. The summed E-state index contributed by atoms with van der Waals surface area (Å²) in [7, 11) is 0. The van der Waals surface area contributed by atoms with Crippen molar-refractivity contribution in [1.29, 1.82) is 0 Å². The van der Waals surface area contributed by atoms with E-state index >= 15 is 0 Å². The zero-order valence-electron chi connectivity index (χ0n) is 9.98. The maximum atomic E-state index is 4.27. The first-order chi connectivity index (χ1) is 8.84. The molecular formula is C11H13N7. The van der Waals surface area contributed by atoms with Crippen LogP contribution in [0.25, 0.3) is 5.65 Å². The average molecular weight is 243 g/mol. The van der Waals surface area contributed by atoms with Gasteiger partial charge in [-0.1, -0.05) is 0 Å². The number of aromatic nitrogens is 6. The van der Waals surface area contributed by atoms with Gasteiger partial charge in [-0.05, 0) is 13.0 Å². The Balaban J connectivity index is 1.74. The number of rotatable bonds is 4. The van der Waals surface area contributed by atoms with Crippen molar-refractivity contribution in [2.45, 2.75) is 13.5 Å². The lowest BCUT2D eigenvalue weighted by Crippen LogP contribution is -2.12. The van der Waals surface area contributed by atoms with E-state index in [1.807, 2.05) is 34.5 Å². The summed E-state index contributed by atoms with van der Waals surface area (Å²) >= 11 is 0.